The molecule has 0 saturated heterocycles. The van der Waals surface area contributed by atoms with E-state index in [1.165, 1.54) is 77.0 Å². The summed E-state index contributed by atoms with van der Waals surface area (Å²) in [6, 6.07) is 0. The number of carbonyl (C=O) groups excluding carboxylic acids is 1. The van der Waals surface area contributed by atoms with Gasteiger partial charge in [-0.1, -0.05) is 90.4 Å². The van der Waals surface area contributed by atoms with Crippen molar-refractivity contribution in [3.8, 4) is 0 Å². The quantitative estimate of drug-likeness (QED) is 0.248. The summed E-state index contributed by atoms with van der Waals surface area (Å²) in [4.78, 5) is 10.7. The summed E-state index contributed by atoms with van der Waals surface area (Å²) in [5, 5.41) is 20.8. The molecule has 0 radical (unpaired) electrons. The van der Waals surface area contributed by atoms with Crippen LogP contribution in [0.3, 0.4) is 0 Å². The largest absolute Gasteiger partial charge is 0.550 e. The Morgan fingerprint density at radius 3 is 1.63 bits per heavy atom. The molecule has 1 unspecified atom stereocenters. The van der Waals surface area contributed by atoms with E-state index in [1.807, 2.05) is 0 Å². The molecule has 0 aliphatic heterocycles. The minimum Gasteiger partial charge on any atom is -0.550 e. The highest BCUT2D eigenvalue weighted by Gasteiger charge is 2.20. The normalized spacial score (nSPS) is 16.4. The fourth-order valence-electron chi connectivity index (χ4n) is 3.46. The first-order chi connectivity index (χ1) is 14.0. The molecule has 0 saturated carbocycles. The maximum Gasteiger partial charge on any atom is 0.108 e. The maximum atomic E-state index is 10.7. The number of hydrogen-bond acceptors (Lipinski definition) is 3. The number of likely N-dealkylation sites (N-methyl/N-ethyl adjacent to an activating group) is 1. The van der Waals surface area contributed by atoms with E-state index in [0.29, 0.717) is 6.54 Å². The van der Waals surface area contributed by atoms with Crippen molar-refractivity contribution in [1.29, 1.82) is 0 Å². The molecule has 0 aliphatic rings. The van der Waals surface area contributed by atoms with Gasteiger partial charge in [-0.2, -0.15) is 0 Å². The number of quaternary nitrogens is 1. The third kappa shape index (κ3) is 19.9. The van der Waals surface area contributed by atoms with Gasteiger partial charge in [0, 0.05) is 12.4 Å². The lowest BCUT2D eigenvalue weighted by molar-refractivity contribution is -0.893. The molecule has 162 valence electrons. The van der Waals surface area contributed by atoms with E-state index in [2.05, 4.69) is 6.92 Å². The molecule has 1 N–H and O–H groups in total. The number of hydrogen-bond donors (Lipinski definition) is 1. The Morgan fingerprint density at radius 2 is 1.26 bits per heavy atom. The van der Waals surface area contributed by atoms with Crippen LogP contribution in [-0.4, -0.2) is 48.8 Å². The van der Waals surface area contributed by atoms with Gasteiger partial charge in [-0.15, -0.1) is 0 Å². The molecule has 4 heteroatoms. The number of unbranched alkanes of at least 4 members (excludes halogenated alkanes) is 14. The Bertz CT molecular complexity index is 457. The van der Waals surface area contributed by atoms with Gasteiger partial charge in [0.2, 0.25) is 0 Å². The molecule has 0 aliphatic carbocycles. The lowest BCUT2D eigenvalue weighted by Crippen LogP contribution is -2.47. The molecule has 0 amide bonds. The van der Waals surface area contributed by atoms with Crippen LogP contribution in [0.4, 0.5) is 0 Å². The highest BCUT2D eigenvalue weighted by molar-refractivity contribution is 5.64. The second-order valence-electron chi connectivity index (χ2n) is 8.47. The van der Waals surface area contributed by atoms with Crippen LogP contribution in [0.2, 0.25) is 0 Å². The van der Waals surface area contributed by atoms with Gasteiger partial charge in [0.15, 0.2) is 0 Å². The Labute approximate surface area is 173 Å². The van der Waals surface area contributed by atoms with Crippen LogP contribution in [-0.2, 0) is 4.79 Å². The van der Waals surface area contributed by atoms with Crippen LogP contribution in [0.15, 0.2) is 0 Å². The van der Waals surface area contributed by atoms with Crippen LogP contribution in [0.25, 0.3) is 0 Å². The van der Waals surface area contributed by atoms with Gasteiger partial charge in [0.05, 0.1) is 24.8 Å². The minimum absolute atomic E-state index is 0.251. The molecule has 0 aromatic rings. The Morgan fingerprint density at radius 1 is 0.889 bits per heavy atom. The Hall–Kier alpha value is -0.610. The van der Waals surface area contributed by atoms with Gasteiger partial charge < -0.3 is 19.5 Å². The predicted octanol–water partition coefficient (Wildman–Crippen LogP) is 4.44. The average molecular weight is 389 g/mol. The van der Waals surface area contributed by atoms with Crippen molar-refractivity contribution in [2.45, 2.75) is 116 Å². The third-order valence-corrected chi connectivity index (χ3v) is 5.06. The summed E-state index contributed by atoms with van der Waals surface area (Å²) in [6.45, 7) is 0.296. The van der Waals surface area contributed by atoms with Crippen LogP contribution in [0.5, 0.6) is 0 Å². The van der Waals surface area contributed by atoms with E-state index < -0.39 is 25.0 Å². The van der Waals surface area contributed by atoms with Gasteiger partial charge in [-0.25, -0.2) is 0 Å². The summed E-state index contributed by atoms with van der Waals surface area (Å²) in [6.07, 6.45) is 15.1. The van der Waals surface area contributed by atoms with Crippen molar-refractivity contribution in [1.82, 2.24) is 0 Å². The van der Waals surface area contributed by atoms with Crippen molar-refractivity contribution in [2.24, 2.45) is 0 Å². The smallest absolute Gasteiger partial charge is 0.108 e. The molecule has 0 bridgehead atoms. The molecule has 0 fully saturated rings. The van der Waals surface area contributed by atoms with E-state index in [4.69, 9.17) is 4.11 Å². The molecular weight excluding hydrogens is 338 g/mol. The van der Waals surface area contributed by atoms with Crippen molar-refractivity contribution in [2.75, 3.05) is 27.1 Å². The zero-order valence-electron chi connectivity index (χ0n) is 21.2. The van der Waals surface area contributed by atoms with Crippen LogP contribution in [0.1, 0.15) is 114 Å². The van der Waals surface area contributed by atoms with E-state index in [-0.39, 0.29) is 4.48 Å². The predicted molar refractivity (Wildman–Crippen MR) is 112 cm³/mol. The van der Waals surface area contributed by atoms with Crippen molar-refractivity contribution < 1.29 is 23.6 Å². The topological polar surface area (TPSA) is 60.4 Å². The van der Waals surface area contributed by atoms with Gasteiger partial charge in [0.1, 0.15) is 12.6 Å². The van der Waals surface area contributed by atoms with Crippen molar-refractivity contribution >= 4 is 5.97 Å². The first kappa shape index (κ1) is 21.1. The zero-order chi connectivity index (χ0) is 23.1. The number of aliphatic carboxylic acids is 1. The fraction of sp³-hybridized carbons (Fsp3) is 0.957. The number of carbonyl (C=O) groups is 1. The fourth-order valence-corrected chi connectivity index (χ4v) is 3.46. The molecule has 0 aromatic carbocycles. The third-order valence-electron chi connectivity index (χ3n) is 5.06. The number of rotatable bonds is 20. The summed E-state index contributed by atoms with van der Waals surface area (Å²) in [5.74, 6) is -1.62. The van der Waals surface area contributed by atoms with Gasteiger partial charge >= 0.3 is 0 Å². The molecule has 0 aromatic heterocycles. The lowest BCUT2D eigenvalue weighted by Gasteiger charge is -2.32. The highest BCUT2D eigenvalue weighted by atomic mass is 16.4. The van der Waals surface area contributed by atoms with E-state index in [1.54, 1.807) is 14.1 Å². The summed E-state index contributed by atoms with van der Waals surface area (Å²) in [7, 11) is 3.19. The lowest BCUT2D eigenvalue weighted by atomic mass is 10.0. The number of carboxylic acids is 1. The maximum absolute atomic E-state index is 10.7. The number of nitrogens with zero attached hydrogens (tertiary/aromatic N) is 1. The SMILES string of the molecule is [2H]C(O)(CC(=O)[O-])C([2H])([2H])[N+](C)(C)CCCCCCCCCCCCCCCCC. The Kier molecular flexibility index (Phi) is 13.7. The van der Waals surface area contributed by atoms with Crippen LogP contribution < -0.4 is 5.11 Å². The average Bonchev–Trinajstić information content (AvgIpc) is 2.63. The van der Waals surface area contributed by atoms with Crippen molar-refractivity contribution in [3.63, 3.8) is 0 Å². The van der Waals surface area contributed by atoms with Crippen LogP contribution in [0, 0.1) is 0 Å². The number of aliphatic hydroxyl groups is 1. The van der Waals surface area contributed by atoms with Gasteiger partial charge in [0.25, 0.3) is 0 Å². The molecule has 0 rings (SSSR count). The second kappa shape index (κ2) is 17.5. The molecule has 0 heterocycles. The van der Waals surface area contributed by atoms with E-state index in [0.717, 1.165) is 19.3 Å². The monoisotopic (exact) mass is 388 g/mol. The van der Waals surface area contributed by atoms with Gasteiger partial charge in [-0.3, -0.25) is 0 Å². The minimum atomic E-state index is -2.72. The molecule has 4 nitrogen and oxygen atoms in total. The van der Waals surface area contributed by atoms with Crippen molar-refractivity contribution in [3.05, 3.63) is 0 Å². The molecular formula is C23H47NO3. The van der Waals surface area contributed by atoms with Gasteiger partial charge in [-0.05, 0) is 12.8 Å². The molecule has 0 spiro atoms. The molecule has 1 atom stereocenters. The standard InChI is InChI=1S/C23H47NO3/c1-4-5-6-7-8-9-10-11-12-13-14-15-16-17-18-19-24(2,3)21-22(25)20-23(26)27/h22,25H,4-21H2,1-3H3/i21D2,22D. The summed E-state index contributed by atoms with van der Waals surface area (Å²) >= 11 is 0. The van der Waals surface area contributed by atoms with Crippen LogP contribution >= 0.6 is 0 Å². The summed E-state index contributed by atoms with van der Waals surface area (Å²) < 4.78 is 23.7. The first-order valence-electron chi connectivity index (χ1n) is 12.7. The summed E-state index contributed by atoms with van der Waals surface area (Å²) in [5.41, 5.74) is 0. The van der Waals surface area contributed by atoms with E-state index >= 15 is 0 Å². The first-order valence-corrected chi connectivity index (χ1v) is 11.2. The molecule has 27 heavy (non-hydrogen) atoms. The number of carboxylic acid groups (broad SMARTS) is 1. The second-order valence-corrected chi connectivity index (χ2v) is 8.47. The van der Waals surface area contributed by atoms with E-state index in [9.17, 15) is 15.0 Å². The zero-order valence-corrected chi connectivity index (χ0v) is 18.2. The highest BCUT2D eigenvalue weighted by Crippen LogP contribution is 2.14. The Balaban J connectivity index is 3.79.